The van der Waals surface area contributed by atoms with Crippen molar-refractivity contribution in [2.24, 2.45) is 0 Å². The molecule has 0 unspecified atom stereocenters. The molecule has 0 aliphatic carbocycles. The van der Waals surface area contributed by atoms with Gasteiger partial charge in [-0.2, -0.15) is 9.78 Å². The van der Waals surface area contributed by atoms with Crippen molar-refractivity contribution in [1.82, 2.24) is 24.7 Å². The summed E-state index contributed by atoms with van der Waals surface area (Å²) >= 11 is 6.58. The molecule has 5 aromatic rings. The summed E-state index contributed by atoms with van der Waals surface area (Å²) < 4.78 is 12.9. The topological polar surface area (TPSA) is 108 Å². The van der Waals surface area contributed by atoms with Crippen molar-refractivity contribution in [3.8, 4) is 11.6 Å². The van der Waals surface area contributed by atoms with Gasteiger partial charge in [0, 0.05) is 29.4 Å². The van der Waals surface area contributed by atoms with Crippen molar-refractivity contribution >= 4 is 50.9 Å². The second kappa shape index (κ2) is 8.66. The van der Waals surface area contributed by atoms with Crippen LogP contribution in [0.3, 0.4) is 0 Å². The molecule has 0 aliphatic heterocycles. The first-order chi connectivity index (χ1) is 16.8. The maximum absolute atomic E-state index is 13.0. The number of furan rings is 1. The van der Waals surface area contributed by atoms with Gasteiger partial charge < -0.3 is 14.5 Å². The summed E-state index contributed by atoms with van der Waals surface area (Å²) in [6.45, 7) is 7.38. The number of rotatable bonds is 4. The van der Waals surface area contributed by atoms with E-state index in [0.29, 0.717) is 56.6 Å². The summed E-state index contributed by atoms with van der Waals surface area (Å²) in [6.07, 6.45) is 6.61. The van der Waals surface area contributed by atoms with Crippen LogP contribution in [0.5, 0.6) is 0 Å². The lowest BCUT2D eigenvalue weighted by molar-refractivity contribution is 0.0522. The molecule has 10 heteroatoms. The van der Waals surface area contributed by atoms with Gasteiger partial charge in [-0.3, -0.25) is 4.98 Å². The van der Waals surface area contributed by atoms with E-state index in [1.165, 1.54) is 4.68 Å². The largest absolute Gasteiger partial charge is 0.449 e. The number of benzene rings is 1. The number of anilines is 2. The van der Waals surface area contributed by atoms with Crippen molar-refractivity contribution in [1.29, 1.82) is 0 Å². The highest BCUT2D eigenvalue weighted by molar-refractivity contribution is 6.36. The van der Waals surface area contributed by atoms with Crippen molar-refractivity contribution in [2.45, 2.75) is 39.7 Å². The summed E-state index contributed by atoms with van der Waals surface area (Å²) in [6, 6.07) is 7.16. The van der Waals surface area contributed by atoms with E-state index in [2.05, 4.69) is 25.4 Å². The minimum absolute atomic E-state index is 0.386. The molecule has 0 fully saturated rings. The number of ether oxygens (including phenoxy) is 1. The molecule has 178 valence electrons. The number of pyridine rings is 1. The number of aryl methyl sites for hydroxylation is 1. The van der Waals surface area contributed by atoms with Crippen LogP contribution in [0.25, 0.3) is 33.5 Å². The summed E-state index contributed by atoms with van der Waals surface area (Å²) in [7, 11) is 0. The number of carbonyl (C=O) groups excluding carboxylic acids is 1. The minimum atomic E-state index is -0.682. The summed E-state index contributed by atoms with van der Waals surface area (Å²) in [4.78, 5) is 25.8. The molecule has 1 N–H and O–H groups in total. The van der Waals surface area contributed by atoms with Crippen molar-refractivity contribution in [3.63, 3.8) is 0 Å². The van der Waals surface area contributed by atoms with Crippen LogP contribution in [0, 0.1) is 0 Å². The van der Waals surface area contributed by atoms with Gasteiger partial charge in [-0.15, -0.1) is 0 Å². The molecule has 4 aromatic heterocycles. The van der Waals surface area contributed by atoms with E-state index in [1.54, 1.807) is 57.7 Å². The number of nitrogens with zero attached hydrogens (tertiary/aromatic N) is 5. The number of aromatic nitrogens is 5. The highest BCUT2D eigenvalue weighted by Gasteiger charge is 2.26. The maximum atomic E-state index is 13.0. The molecule has 1 aromatic carbocycles. The number of carbonyl (C=O) groups is 1. The van der Waals surface area contributed by atoms with Crippen molar-refractivity contribution < 1.29 is 13.9 Å². The van der Waals surface area contributed by atoms with Crippen LogP contribution in [-0.4, -0.2) is 36.4 Å². The fraction of sp³-hybridized carbons (Fsp3) is 0.240. The van der Waals surface area contributed by atoms with E-state index in [9.17, 15) is 4.79 Å². The quantitative estimate of drug-likeness (QED) is 0.309. The molecule has 9 nitrogen and oxygen atoms in total. The van der Waals surface area contributed by atoms with E-state index >= 15 is 0 Å². The Balaban J connectivity index is 1.70. The Morgan fingerprint density at radius 1 is 1.17 bits per heavy atom. The molecule has 0 saturated heterocycles. The van der Waals surface area contributed by atoms with Gasteiger partial charge in [0.15, 0.2) is 17.2 Å². The fourth-order valence-corrected chi connectivity index (χ4v) is 4.10. The Labute approximate surface area is 206 Å². The Morgan fingerprint density at radius 3 is 2.66 bits per heavy atom. The first kappa shape index (κ1) is 22.8. The van der Waals surface area contributed by atoms with Crippen LogP contribution in [-0.2, 0) is 11.2 Å². The first-order valence-corrected chi connectivity index (χ1v) is 11.5. The molecule has 35 heavy (non-hydrogen) atoms. The Bertz CT molecular complexity index is 1550. The van der Waals surface area contributed by atoms with Crippen LogP contribution in [0.1, 0.15) is 33.4 Å². The standard InChI is InChI=1S/C25H23ClN6O3/c1-5-16-19-17(8-7-15(26)21(19)32(31-16)24(33)35-25(2,3)4)30-20-14-9-12-27-13-18(14)34-22(20)23-28-10-6-11-29-23/h6-13,30H,5H2,1-4H3. The zero-order chi connectivity index (χ0) is 24.7. The lowest BCUT2D eigenvalue weighted by Gasteiger charge is -2.19. The van der Waals surface area contributed by atoms with E-state index in [-0.39, 0.29) is 0 Å². The highest BCUT2D eigenvalue weighted by Crippen LogP contribution is 2.41. The fourth-order valence-electron chi connectivity index (χ4n) is 3.86. The molecule has 0 saturated carbocycles. The molecular weight excluding hydrogens is 468 g/mol. The monoisotopic (exact) mass is 490 g/mol. The molecule has 5 rings (SSSR count). The van der Waals surface area contributed by atoms with E-state index in [4.69, 9.17) is 20.8 Å². The van der Waals surface area contributed by atoms with Crippen LogP contribution in [0.4, 0.5) is 16.2 Å². The first-order valence-electron chi connectivity index (χ1n) is 11.1. The maximum Gasteiger partial charge on any atom is 0.435 e. The number of fused-ring (bicyclic) bond motifs is 2. The summed E-state index contributed by atoms with van der Waals surface area (Å²) in [5.74, 6) is 0.894. The average Bonchev–Trinajstić information content (AvgIpc) is 3.40. The number of hydrogen-bond acceptors (Lipinski definition) is 8. The van der Waals surface area contributed by atoms with E-state index < -0.39 is 11.7 Å². The van der Waals surface area contributed by atoms with Gasteiger partial charge in [0.2, 0.25) is 0 Å². The third-order valence-corrected chi connectivity index (χ3v) is 5.58. The Hall–Kier alpha value is -3.98. The zero-order valence-corrected chi connectivity index (χ0v) is 20.4. The third kappa shape index (κ3) is 4.19. The van der Waals surface area contributed by atoms with Gasteiger partial charge in [0.05, 0.1) is 28.3 Å². The Morgan fingerprint density at radius 2 is 1.94 bits per heavy atom. The predicted octanol–water partition coefficient (Wildman–Crippen LogP) is 6.38. The van der Waals surface area contributed by atoms with Crippen LogP contribution < -0.4 is 5.32 Å². The number of halogens is 1. The van der Waals surface area contributed by atoms with E-state index in [1.807, 2.05) is 19.1 Å². The van der Waals surface area contributed by atoms with Crippen LogP contribution in [0.2, 0.25) is 5.02 Å². The molecule has 4 heterocycles. The second-order valence-corrected chi connectivity index (χ2v) is 9.29. The summed E-state index contributed by atoms with van der Waals surface area (Å²) in [5.41, 5.74) is 2.44. The molecule has 0 atom stereocenters. The summed E-state index contributed by atoms with van der Waals surface area (Å²) in [5, 5.41) is 9.93. The predicted molar refractivity (Wildman–Crippen MR) is 134 cm³/mol. The van der Waals surface area contributed by atoms with Gasteiger partial charge in [-0.05, 0) is 51.5 Å². The highest BCUT2D eigenvalue weighted by atomic mass is 35.5. The zero-order valence-electron chi connectivity index (χ0n) is 19.7. The van der Waals surface area contributed by atoms with Gasteiger partial charge in [0.1, 0.15) is 11.1 Å². The van der Waals surface area contributed by atoms with Gasteiger partial charge in [-0.25, -0.2) is 14.8 Å². The van der Waals surface area contributed by atoms with Gasteiger partial charge >= 0.3 is 6.09 Å². The molecule has 0 aliphatic rings. The SMILES string of the molecule is CCc1nn(C(=O)OC(C)(C)C)c2c(Cl)ccc(Nc3c(-c4ncccn4)oc4cnccc34)c12. The average molecular weight is 491 g/mol. The second-order valence-electron chi connectivity index (χ2n) is 8.89. The molecular formula is C25H23ClN6O3. The van der Waals surface area contributed by atoms with Gasteiger partial charge in [-0.1, -0.05) is 18.5 Å². The van der Waals surface area contributed by atoms with Crippen LogP contribution in [0.15, 0.2) is 53.5 Å². The van der Waals surface area contributed by atoms with Crippen LogP contribution >= 0.6 is 11.6 Å². The molecule has 0 bridgehead atoms. The minimum Gasteiger partial charge on any atom is -0.449 e. The Kier molecular flexibility index (Phi) is 5.64. The normalized spacial score (nSPS) is 11.8. The number of hydrogen-bond donors (Lipinski definition) is 1. The smallest absolute Gasteiger partial charge is 0.435 e. The van der Waals surface area contributed by atoms with E-state index in [0.717, 1.165) is 5.39 Å². The lowest BCUT2D eigenvalue weighted by Crippen LogP contribution is -2.27. The van der Waals surface area contributed by atoms with Crippen molar-refractivity contribution in [2.75, 3.05) is 5.32 Å². The molecule has 0 radical (unpaired) electrons. The lowest BCUT2D eigenvalue weighted by atomic mass is 10.1. The third-order valence-electron chi connectivity index (χ3n) is 5.27. The molecule has 0 amide bonds. The molecule has 0 spiro atoms. The van der Waals surface area contributed by atoms with Crippen molar-refractivity contribution in [3.05, 3.63) is 59.8 Å². The number of nitrogens with one attached hydrogen (secondary N) is 1. The van der Waals surface area contributed by atoms with Gasteiger partial charge in [0.25, 0.3) is 0 Å².